The molecule has 6 atom stereocenters. The second-order valence-electron chi connectivity index (χ2n) is 10.8. The molecule has 37 heavy (non-hydrogen) atoms. The maximum absolute atomic E-state index is 12.5. The van der Waals surface area contributed by atoms with Gasteiger partial charge in [-0.25, -0.2) is 0 Å². The lowest BCUT2D eigenvalue weighted by Crippen LogP contribution is -2.38. The van der Waals surface area contributed by atoms with E-state index in [0.717, 1.165) is 77.0 Å². The van der Waals surface area contributed by atoms with Gasteiger partial charge in [-0.3, -0.25) is 14.4 Å². The van der Waals surface area contributed by atoms with E-state index in [1.165, 1.54) is 0 Å². The Hall–Kier alpha value is -1.71. The molecule has 6 N–H and O–H groups in total. The summed E-state index contributed by atoms with van der Waals surface area (Å²) in [6, 6.07) is 0. The van der Waals surface area contributed by atoms with E-state index in [-0.39, 0.29) is 11.8 Å². The first-order valence-corrected chi connectivity index (χ1v) is 14.2. The van der Waals surface area contributed by atoms with Crippen molar-refractivity contribution in [2.24, 2.45) is 23.5 Å². The molecule has 0 rings (SSSR count). The molecule has 0 amide bonds. The van der Waals surface area contributed by atoms with Gasteiger partial charge in [-0.15, -0.1) is 0 Å². The molecule has 0 bridgehead atoms. The number of rotatable bonds is 24. The number of hydrogen-bond acceptors (Lipinski definition) is 7. The first-order chi connectivity index (χ1) is 17.5. The fraction of sp³-hybridized carbons (Fsp3) is 0.893. The Labute approximate surface area is 223 Å². The summed E-state index contributed by atoms with van der Waals surface area (Å²) in [5.41, 5.74) is 5.41. The SMILES string of the molecule is CCCCCC(C)C(OC(=O)CC(CC(=O)O)C(=O)O)C(O)CC(C)CCCCCCCCC(O)CN. The van der Waals surface area contributed by atoms with Gasteiger partial charge < -0.3 is 30.9 Å². The van der Waals surface area contributed by atoms with Gasteiger partial charge in [0, 0.05) is 6.54 Å². The maximum Gasteiger partial charge on any atom is 0.307 e. The Morgan fingerprint density at radius 3 is 1.92 bits per heavy atom. The Kier molecular flexibility index (Phi) is 20.3. The van der Waals surface area contributed by atoms with Crippen molar-refractivity contribution in [1.82, 2.24) is 0 Å². The van der Waals surface area contributed by atoms with Crippen LogP contribution in [-0.4, -0.2) is 63.2 Å². The van der Waals surface area contributed by atoms with Crippen molar-refractivity contribution < 1.29 is 39.5 Å². The first-order valence-electron chi connectivity index (χ1n) is 14.2. The number of hydrogen-bond donors (Lipinski definition) is 5. The third kappa shape index (κ3) is 18.2. The average Bonchev–Trinajstić information content (AvgIpc) is 2.83. The molecule has 0 aromatic rings. The van der Waals surface area contributed by atoms with Crippen LogP contribution in [0, 0.1) is 17.8 Å². The summed E-state index contributed by atoms with van der Waals surface area (Å²) < 4.78 is 5.60. The van der Waals surface area contributed by atoms with Crippen LogP contribution in [0.2, 0.25) is 0 Å². The van der Waals surface area contributed by atoms with Gasteiger partial charge in [-0.05, 0) is 31.1 Å². The molecule has 0 saturated heterocycles. The van der Waals surface area contributed by atoms with Crippen LogP contribution in [-0.2, 0) is 19.1 Å². The van der Waals surface area contributed by atoms with Crippen LogP contribution in [0.5, 0.6) is 0 Å². The molecule has 0 spiro atoms. The van der Waals surface area contributed by atoms with Crippen molar-refractivity contribution in [3.05, 3.63) is 0 Å². The summed E-state index contributed by atoms with van der Waals surface area (Å²) in [7, 11) is 0. The molecule has 9 nitrogen and oxygen atoms in total. The number of esters is 1. The Morgan fingerprint density at radius 1 is 0.811 bits per heavy atom. The molecular formula is C28H53NO8. The van der Waals surface area contributed by atoms with Crippen molar-refractivity contribution >= 4 is 17.9 Å². The second-order valence-corrected chi connectivity index (χ2v) is 10.8. The van der Waals surface area contributed by atoms with E-state index in [1.807, 2.05) is 6.92 Å². The van der Waals surface area contributed by atoms with E-state index in [9.17, 15) is 29.7 Å². The van der Waals surface area contributed by atoms with Gasteiger partial charge in [-0.1, -0.05) is 85.0 Å². The van der Waals surface area contributed by atoms with E-state index in [4.69, 9.17) is 15.6 Å². The predicted octanol–water partition coefficient (Wildman–Crippen LogP) is 4.51. The Morgan fingerprint density at radius 2 is 1.38 bits per heavy atom. The van der Waals surface area contributed by atoms with Crippen LogP contribution in [0.3, 0.4) is 0 Å². The summed E-state index contributed by atoms with van der Waals surface area (Å²) in [4.78, 5) is 34.8. The number of aliphatic carboxylic acids is 2. The molecule has 0 aromatic carbocycles. The summed E-state index contributed by atoms with van der Waals surface area (Å²) in [6.45, 7) is 6.42. The first kappa shape index (κ1) is 35.3. The molecule has 218 valence electrons. The number of unbranched alkanes of at least 4 members (excludes halogenated alkanes) is 7. The monoisotopic (exact) mass is 531 g/mol. The standard InChI is InChI=1S/C28H53NO8/c1-4-5-10-14-21(3)27(37-26(34)18-22(28(35)36)17-25(32)33)24(31)16-20(2)13-11-8-6-7-9-12-15-23(30)19-29/h20-24,27,30-31H,4-19,29H2,1-3H3,(H,32,33)(H,35,36). The maximum atomic E-state index is 12.5. The van der Waals surface area contributed by atoms with E-state index in [2.05, 4.69) is 13.8 Å². The highest BCUT2D eigenvalue weighted by molar-refractivity contribution is 5.82. The summed E-state index contributed by atoms with van der Waals surface area (Å²) >= 11 is 0. The molecule has 0 heterocycles. The van der Waals surface area contributed by atoms with Crippen LogP contribution < -0.4 is 5.73 Å². The van der Waals surface area contributed by atoms with Gasteiger partial charge in [0.1, 0.15) is 6.10 Å². The Bertz CT molecular complexity index is 629. The Balaban J connectivity index is 4.73. The molecule has 0 aromatic heterocycles. The highest BCUT2D eigenvalue weighted by Gasteiger charge is 2.32. The number of aliphatic hydroxyl groups excluding tert-OH is 2. The minimum absolute atomic E-state index is 0.0989. The summed E-state index contributed by atoms with van der Waals surface area (Å²) in [6.07, 6.45) is 9.24. The van der Waals surface area contributed by atoms with Gasteiger partial charge in [0.25, 0.3) is 0 Å². The molecule has 6 unspecified atom stereocenters. The predicted molar refractivity (Wildman–Crippen MR) is 143 cm³/mol. The van der Waals surface area contributed by atoms with Crippen molar-refractivity contribution in [1.29, 1.82) is 0 Å². The molecule has 0 saturated carbocycles. The van der Waals surface area contributed by atoms with Gasteiger partial charge in [0.2, 0.25) is 0 Å². The van der Waals surface area contributed by atoms with Crippen molar-refractivity contribution in [2.75, 3.05) is 6.54 Å². The van der Waals surface area contributed by atoms with E-state index in [1.54, 1.807) is 0 Å². The quantitative estimate of drug-likeness (QED) is 0.0889. The molecule has 0 radical (unpaired) electrons. The van der Waals surface area contributed by atoms with Gasteiger partial charge in [0.15, 0.2) is 0 Å². The molecule has 9 heteroatoms. The number of carbonyl (C=O) groups is 3. The number of ether oxygens (including phenoxy) is 1. The summed E-state index contributed by atoms with van der Waals surface area (Å²) in [5, 5.41) is 38.6. The number of carboxylic acids is 2. The molecular weight excluding hydrogens is 478 g/mol. The smallest absolute Gasteiger partial charge is 0.307 e. The van der Waals surface area contributed by atoms with Crippen molar-refractivity contribution in [3.63, 3.8) is 0 Å². The van der Waals surface area contributed by atoms with Gasteiger partial charge >= 0.3 is 17.9 Å². The van der Waals surface area contributed by atoms with Crippen LogP contribution in [0.4, 0.5) is 0 Å². The second kappa shape index (κ2) is 21.2. The number of aliphatic hydroxyl groups is 2. The highest BCUT2D eigenvalue weighted by atomic mass is 16.6. The molecule has 0 aliphatic carbocycles. The third-order valence-electron chi connectivity index (χ3n) is 7.05. The highest BCUT2D eigenvalue weighted by Crippen LogP contribution is 2.26. The van der Waals surface area contributed by atoms with E-state index < -0.39 is 55.0 Å². The van der Waals surface area contributed by atoms with Crippen LogP contribution in [0.15, 0.2) is 0 Å². The fourth-order valence-corrected chi connectivity index (χ4v) is 4.68. The topological polar surface area (TPSA) is 167 Å². The normalized spacial score (nSPS) is 16.4. The molecule has 0 aliphatic rings. The van der Waals surface area contributed by atoms with E-state index >= 15 is 0 Å². The van der Waals surface area contributed by atoms with Gasteiger partial charge in [-0.2, -0.15) is 0 Å². The number of nitrogens with two attached hydrogens (primary N) is 1. The largest absolute Gasteiger partial charge is 0.481 e. The zero-order valence-electron chi connectivity index (χ0n) is 23.3. The van der Waals surface area contributed by atoms with E-state index in [0.29, 0.717) is 13.0 Å². The minimum Gasteiger partial charge on any atom is -0.481 e. The van der Waals surface area contributed by atoms with Crippen LogP contribution in [0.25, 0.3) is 0 Å². The number of carbonyl (C=O) groups excluding carboxylic acids is 1. The van der Waals surface area contributed by atoms with Crippen molar-refractivity contribution in [3.8, 4) is 0 Å². The van der Waals surface area contributed by atoms with Crippen LogP contribution >= 0.6 is 0 Å². The van der Waals surface area contributed by atoms with Crippen molar-refractivity contribution in [2.45, 2.75) is 135 Å². The zero-order valence-corrected chi connectivity index (χ0v) is 23.3. The zero-order chi connectivity index (χ0) is 28.2. The average molecular weight is 532 g/mol. The van der Waals surface area contributed by atoms with Gasteiger partial charge in [0.05, 0.1) is 31.0 Å². The lowest BCUT2D eigenvalue weighted by atomic mass is 9.88. The lowest BCUT2D eigenvalue weighted by Gasteiger charge is -2.30. The fourth-order valence-electron chi connectivity index (χ4n) is 4.68. The lowest BCUT2D eigenvalue weighted by molar-refractivity contribution is -0.165. The summed E-state index contributed by atoms with van der Waals surface area (Å²) in [5.74, 6) is -4.65. The number of carboxylic acid groups (broad SMARTS) is 2. The third-order valence-corrected chi connectivity index (χ3v) is 7.05. The molecule has 0 aliphatic heterocycles. The molecule has 0 fully saturated rings. The van der Waals surface area contributed by atoms with Crippen LogP contribution in [0.1, 0.15) is 117 Å². The minimum atomic E-state index is -1.36.